The van der Waals surface area contributed by atoms with E-state index in [4.69, 9.17) is 11.6 Å². The maximum atomic E-state index is 11.1. The Morgan fingerprint density at radius 2 is 2.26 bits per heavy atom. The van der Waals surface area contributed by atoms with Gasteiger partial charge in [-0.2, -0.15) is 0 Å². The van der Waals surface area contributed by atoms with Crippen LogP contribution < -0.4 is 5.32 Å². The van der Waals surface area contributed by atoms with E-state index in [1.807, 2.05) is 18.2 Å². The lowest BCUT2D eigenvalue weighted by molar-refractivity contribution is -0.140. The van der Waals surface area contributed by atoms with E-state index in [9.17, 15) is 4.79 Å². The topological polar surface area (TPSA) is 38.3 Å². The molecule has 0 spiro atoms. The minimum Gasteiger partial charge on any atom is -0.469 e. The van der Waals surface area contributed by atoms with Crippen LogP contribution in [0.4, 0.5) is 0 Å². The third kappa shape index (κ3) is 6.32. The summed E-state index contributed by atoms with van der Waals surface area (Å²) in [5.41, 5.74) is 1.22. The Kier molecular flexibility index (Phi) is 7.94. The first-order valence-electron chi connectivity index (χ1n) is 6.36. The average molecular weight is 302 g/mol. The van der Waals surface area contributed by atoms with E-state index in [2.05, 4.69) is 17.0 Å². The molecular weight excluding hydrogens is 282 g/mol. The maximum absolute atomic E-state index is 11.1. The van der Waals surface area contributed by atoms with E-state index in [0.717, 1.165) is 29.4 Å². The van der Waals surface area contributed by atoms with Crippen molar-refractivity contribution in [3.8, 4) is 0 Å². The van der Waals surface area contributed by atoms with Crippen molar-refractivity contribution in [2.45, 2.75) is 31.2 Å². The number of nitrogens with one attached hydrogen (secondary N) is 1. The monoisotopic (exact) mass is 301 g/mol. The molecule has 0 aromatic heterocycles. The lowest BCUT2D eigenvalue weighted by atomic mass is 10.2. The van der Waals surface area contributed by atoms with Gasteiger partial charge in [-0.1, -0.05) is 24.6 Å². The van der Waals surface area contributed by atoms with Crippen molar-refractivity contribution in [2.24, 2.45) is 0 Å². The first kappa shape index (κ1) is 16.3. The fourth-order valence-electron chi connectivity index (χ4n) is 1.56. The fourth-order valence-corrected chi connectivity index (χ4v) is 2.82. The van der Waals surface area contributed by atoms with E-state index >= 15 is 0 Å². The van der Waals surface area contributed by atoms with Crippen molar-refractivity contribution < 1.29 is 9.53 Å². The molecule has 106 valence electrons. The molecule has 0 atom stereocenters. The zero-order valence-electron chi connectivity index (χ0n) is 11.4. The number of carbonyl (C=O) groups excluding carboxylic acids is 1. The number of thioether (sulfide) groups is 1. The fraction of sp³-hybridized carbons (Fsp3) is 0.500. The third-order valence-corrected chi connectivity index (χ3v) is 3.90. The van der Waals surface area contributed by atoms with Crippen LogP contribution in [0.3, 0.4) is 0 Å². The molecule has 1 rings (SSSR count). The van der Waals surface area contributed by atoms with Gasteiger partial charge in [-0.25, -0.2) is 0 Å². The first-order chi connectivity index (χ1) is 9.17. The van der Waals surface area contributed by atoms with Gasteiger partial charge in [0.05, 0.1) is 13.5 Å². The van der Waals surface area contributed by atoms with Gasteiger partial charge in [-0.3, -0.25) is 4.79 Å². The molecule has 0 radical (unpaired) electrons. The van der Waals surface area contributed by atoms with Crippen molar-refractivity contribution in [3.05, 3.63) is 28.8 Å². The number of hydrogen-bond donors (Lipinski definition) is 1. The van der Waals surface area contributed by atoms with Crippen LogP contribution in [0.1, 0.15) is 25.3 Å². The second-order valence-electron chi connectivity index (χ2n) is 4.10. The standard InChI is InChI=1S/C14H20ClNO2S/c1-3-7-16-10-11-4-5-12(15)9-13(11)19-8-6-14(17)18-2/h4-5,9,16H,3,6-8,10H2,1-2H3. The van der Waals surface area contributed by atoms with E-state index in [1.54, 1.807) is 11.8 Å². The molecule has 0 saturated carbocycles. The molecule has 1 aromatic carbocycles. The van der Waals surface area contributed by atoms with Gasteiger partial charge in [0.25, 0.3) is 0 Å². The molecule has 0 aliphatic carbocycles. The highest BCUT2D eigenvalue weighted by molar-refractivity contribution is 7.99. The predicted octanol–water partition coefficient (Wildman–Crippen LogP) is 3.49. The molecule has 0 heterocycles. The third-order valence-electron chi connectivity index (χ3n) is 2.56. The second kappa shape index (κ2) is 9.23. The van der Waals surface area contributed by atoms with Crippen LogP contribution >= 0.6 is 23.4 Å². The predicted molar refractivity (Wildman–Crippen MR) is 80.8 cm³/mol. The molecule has 0 fully saturated rings. The zero-order valence-corrected chi connectivity index (χ0v) is 12.9. The Balaban J connectivity index is 2.57. The number of esters is 1. The lowest BCUT2D eigenvalue weighted by Gasteiger charge is -2.10. The largest absolute Gasteiger partial charge is 0.469 e. The number of methoxy groups -OCH3 is 1. The summed E-state index contributed by atoms with van der Waals surface area (Å²) in [7, 11) is 1.41. The highest BCUT2D eigenvalue weighted by Gasteiger charge is 2.06. The summed E-state index contributed by atoms with van der Waals surface area (Å²) in [6.45, 7) is 3.96. The number of ether oxygens (including phenoxy) is 1. The molecule has 19 heavy (non-hydrogen) atoms. The van der Waals surface area contributed by atoms with E-state index < -0.39 is 0 Å². The van der Waals surface area contributed by atoms with Gasteiger partial charge >= 0.3 is 5.97 Å². The highest BCUT2D eigenvalue weighted by atomic mass is 35.5. The lowest BCUT2D eigenvalue weighted by Crippen LogP contribution is -2.14. The summed E-state index contributed by atoms with van der Waals surface area (Å²) in [6, 6.07) is 5.88. The maximum Gasteiger partial charge on any atom is 0.306 e. The molecule has 5 heteroatoms. The minimum absolute atomic E-state index is 0.180. The van der Waals surface area contributed by atoms with E-state index in [1.165, 1.54) is 12.7 Å². The molecule has 0 aliphatic heterocycles. The van der Waals surface area contributed by atoms with Crippen LogP contribution in [0.15, 0.2) is 23.1 Å². The van der Waals surface area contributed by atoms with Gasteiger partial charge in [0, 0.05) is 22.2 Å². The normalized spacial score (nSPS) is 10.5. The smallest absolute Gasteiger partial charge is 0.306 e. The first-order valence-corrected chi connectivity index (χ1v) is 7.72. The van der Waals surface area contributed by atoms with Gasteiger partial charge < -0.3 is 10.1 Å². The summed E-state index contributed by atoms with van der Waals surface area (Å²) >= 11 is 7.66. The van der Waals surface area contributed by atoms with Gasteiger partial charge in [-0.15, -0.1) is 11.8 Å². The van der Waals surface area contributed by atoms with Crippen LogP contribution in [-0.4, -0.2) is 25.4 Å². The van der Waals surface area contributed by atoms with Crippen molar-refractivity contribution in [1.82, 2.24) is 5.32 Å². The number of rotatable bonds is 8. The van der Waals surface area contributed by atoms with Gasteiger partial charge in [0.1, 0.15) is 0 Å². The van der Waals surface area contributed by atoms with Gasteiger partial charge in [0.15, 0.2) is 0 Å². The molecule has 0 saturated heterocycles. The molecule has 1 aromatic rings. The summed E-state index contributed by atoms with van der Waals surface area (Å²) < 4.78 is 4.63. The molecule has 0 bridgehead atoms. The molecule has 0 amide bonds. The quantitative estimate of drug-likeness (QED) is 0.453. The van der Waals surface area contributed by atoms with Crippen LogP contribution in [0.2, 0.25) is 5.02 Å². The second-order valence-corrected chi connectivity index (χ2v) is 5.68. The Bertz CT molecular complexity index is 412. The van der Waals surface area contributed by atoms with Crippen LogP contribution in [0.5, 0.6) is 0 Å². The number of hydrogen-bond acceptors (Lipinski definition) is 4. The van der Waals surface area contributed by atoms with E-state index in [0.29, 0.717) is 12.2 Å². The van der Waals surface area contributed by atoms with Crippen LogP contribution in [0, 0.1) is 0 Å². The SMILES string of the molecule is CCCNCc1ccc(Cl)cc1SCCC(=O)OC. The van der Waals surface area contributed by atoms with Gasteiger partial charge in [0.2, 0.25) is 0 Å². The van der Waals surface area contributed by atoms with Crippen LogP contribution in [-0.2, 0) is 16.1 Å². The summed E-state index contributed by atoms with van der Waals surface area (Å²) in [4.78, 5) is 12.2. The van der Waals surface area contributed by atoms with Crippen LogP contribution in [0.25, 0.3) is 0 Å². The van der Waals surface area contributed by atoms with Crippen molar-refractivity contribution in [1.29, 1.82) is 0 Å². The zero-order chi connectivity index (χ0) is 14.1. The molecular formula is C14H20ClNO2S. The van der Waals surface area contributed by atoms with Crippen molar-refractivity contribution >= 4 is 29.3 Å². The number of carbonyl (C=O) groups is 1. The number of benzene rings is 1. The van der Waals surface area contributed by atoms with E-state index in [-0.39, 0.29) is 5.97 Å². The molecule has 3 nitrogen and oxygen atoms in total. The summed E-state index contributed by atoms with van der Waals surface area (Å²) in [5, 5.41) is 4.10. The minimum atomic E-state index is -0.180. The average Bonchev–Trinajstić information content (AvgIpc) is 2.41. The van der Waals surface area contributed by atoms with Gasteiger partial charge in [-0.05, 0) is 30.7 Å². The Hall–Kier alpha value is -0.710. The Morgan fingerprint density at radius 3 is 2.95 bits per heavy atom. The molecule has 0 unspecified atom stereocenters. The van der Waals surface area contributed by atoms with Crippen molar-refractivity contribution in [3.63, 3.8) is 0 Å². The van der Waals surface area contributed by atoms with Crippen molar-refractivity contribution in [2.75, 3.05) is 19.4 Å². The Morgan fingerprint density at radius 1 is 1.47 bits per heavy atom. The highest BCUT2D eigenvalue weighted by Crippen LogP contribution is 2.27. The molecule has 1 N–H and O–H groups in total. The summed E-state index contributed by atoms with van der Waals surface area (Å²) in [6.07, 6.45) is 1.52. The Labute approximate surface area is 124 Å². The summed E-state index contributed by atoms with van der Waals surface area (Å²) in [5.74, 6) is 0.522. The molecule has 0 aliphatic rings. The number of halogens is 1.